The molecular formula is C22H26FN3O6S. The molecule has 0 aromatic heterocycles. The molecule has 1 aromatic carbocycles. The molecule has 178 valence electrons. The molecular weight excluding hydrogens is 453 g/mol. The van der Waals surface area contributed by atoms with Crippen molar-refractivity contribution in [2.45, 2.75) is 63.2 Å². The molecule has 1 aliphatic carbocycles. The third-order valence-corrected chi connectivity index (χ3v) is 5.48. The number of benzene rings is 1. The van der Waals surface area contributed by atoms with Crippen molar-refractivity contribution in [3.63, 3.8) is 0 Å². The minimum absolute atomic E-state index is 0.00372. The fourth-order valence-corrected chi connectivity index (χ4v) is 4.03. The SMILES string of the molecule is CC(C)(S)CC(=O)N/N=C1\CCc2cc(OCCC(C(=O)O)N3C(=O)CCC3=O)cc(F)c21. The van der Waals surface area contributed by atoms with Crippen LogP contribution in [0.25, 0.3) is 0 Å². The van der Waals surface area contributed by atoms with Gasteiger partial charge in [-0.2, -0.15) is 17.7 Å². The lowest BCUT2D eigenvalue weighted by Crippen LogP contribution is -2.45. The summed E-state index contributed by atoms with van der Waals surface area (Å²) in [4.78, 5) is 47.9. The Morgan fingerprint density at radius 2 is 1.91 bits per heavy atom. The summed E-state index contributed by atoms with van der Waals surface area (Å²) in [5, 5.41) is 13.5. The molecule has 1 unspecified atom stereocenters. The molecule has 33 heavy (non-hydrogen) atoms. The van der Waals surface area contributed by atoms with Gasteiger partial charge in [0.05, 0.1) is 12.3 Å². The highest BCUT2D eigenvalue weighted by molar-refractivity contribution is 7.81. The topological polar surface area (TPSA) is 125 Å². The second kappa shape index (κ2) is 9.90. The summed E-state index contributed by atoms with van der Waals surface area (Å²) in [7, 11) is 0. The van der Waals surface area contributed by atoms with E-state index in [0.29, 0.717) is 29.7 Å². The maximum absolute atomic E-state index is 14.8. The number of hydrazone groups is 1. The Labute approximate surface area is 195 Å². The highest BCUT2D eigenvalue weighted by atomic mass is 32.1. The number of nitrogens with zero attached hydrogens (tertiary/aromatic N) is 2. The standard InChI is InChI=1S/C22H26FN3O6S/c1-22(2,33)11-17(27)25-24-15-4-3-12-9-13(10-14(23)20(12)15)32-8-7-16(21(30)31)26-18(28)5-6-19(26)29/h9-10,16,33H,3-8,11H2,1-2H3,(H,25,27)(H,30,31)/b24-15+. The van der Waals surface area contributed by atoms with Gasteiger partial charge in [0.1, 0.15) is 17.6 Å². The van der Waals surface area contributed by atoms with Crippen LogP contribution in [0.5, 0.6) is 5.75 Å². The van der Waals surface area contributed by atoms with Crippen molar-refractivity contribution in [2.24, 2.45) is 5.10 Å². The van der Waals surface area contributed by atoms with Crippen LogP contribution in [0, 0.1) is 5.82 Å². The molecule has 1 atom stereocenters. The average molecular weight is 480 g/mol. The highest BCUT2D eigenvalue weighted by Gasteiger charge is 2.38. The van der Waals surface area contributed by atoms with Crippen LogP contribution in [-0.4, -0.2) is 56.8 Å². The lowest BCUT2D eigenvalue weighted by molar-refractivity contribution is -0.154. The maximum Gasteiger partial charge on any atom is 0.327 e. The summed E-state index contributed by atoms with van der Waals surface area (Å²) in [5.74, 6) is -3.02. The Kier molecular flexibility index (Phi) is 7.41. The van der Waals surface area contributed by atoms with Gasteiger partial charge >= 0.3 is 5.97 Å². The zero-order chi connectivity index (χ0) is 24.3. The largest absolute Gasteiger partial charge is 0.493 e. The molecule has 0 saturated carbocycles. The summed E-state index contributed by atoms with van der Waals surface area (Å²) in [6.07, 6.45) is 0.977. The van der Waals surface area contributed by atoms with Crippen LogP contribution in [0.3, 0.4) is 0 Å². The van der Waals surface area contributed by atoms with Crippen molar-refractivity contribution >= 4 is 42.0 Å². The van der Waals surface area contributed by atoms with E-state index < -0.39 is 34.4 Å². The quantitative estimate of drug-likeness (QED) is 0.283. The molecule has 1 heterocycles. The number of thiol groups is 1. The second-order valence-corrected chi connectivity index (χ2v) is 9.88. The van der Waals surface area contributed by atoms with Gasteiger partial charge in [-0.3, -0.25) is 19.3 Å². The van der Waals surface area contributed by atoms with Crippen LogP contribution < -0.4 is 10.2 Å². The van der Waals surface area contributed by atoms with E-state index in [1.165, 1.54) is 6.07 Å². The van der Waals surface area contributed by atoms with E-state index in [2.05, 4.69) is 23.2 Å². The van der Waals surface area contributed by atoms with Crippen LogP contribution in [-0.2, 0) is 25.6 Å². The predicted octanol–water partition coefficient (Wildman–Crippen LogP) is 2.06. The van der Waals surface area contributed by atoms with E-state index in [1.807, 2.05) is 0 Å². The number of carbonyl (C=O) groups is 4. The molecule has 2 aliphatic rings. The lowest BCUT2D eigenvalue weighted by atomic mass is 10.1. The molecule has 3 amide bonds. The van der Waals surface area contributed by atoms with E-state index in [9.17, 15) is 28.7 Å². The van der Waals surface area contributed by atoms with Crippen LogP contribution >= 0.6 is 12.6 Å². The Balaban J connectivity index is 1.64. The summed E-state index contributed by atoms with van der Waals surface area (Å²) < 4.78 is 19.8. The van der Waals surface area contributed by atoms with Crippen LogP contribution in [0.15, 0.2) is 17.2 Å². The van der Waals surface area contributed by atoms with Gasteiger partial charge in [-0.05, 0) is 24.5 Å². The minimum atomic E-state index is -1.32. The van der Waals surface area contributed by atoms with Crippen molar-refractivity contribution in [1.29, 1.82) is 0 Å². The highest BCUT2D eigenvalue weighted by Crippen LogP contribution is 2.30. The number of carbonyl (C=O) groups excluding carboxylic acids is 3. The van der Waals surface area contributed by atoms with Crippen molar-refractivity contribution in [3.05, 3.63) is 29.1 Å². The maximum atomic E-state index is 14.8. The number of aryl methyl sites for hydroxylation is 1. The molecule has 11 heteroatoms. The van der Waals surface area contributed by atoms with E-state index in [-0.39, 0.29) is 43.9 Å². The van der Waals surface area contributed by atoms with Gasteiger partial charge in [-0.25, -0.2) is 14.6 Å². The van der Waals surface area contributed by atoms with Crippen LogP contribution in [0.1, 0.15) is 57.1 Å². The molecule has 1 saturated heterocycles. The van der Waals surface area contributed by atoms with Gasteiger partial charge in [0.2, 0.25) is 17.7 Å². The number of carboxylic acid groups (broad SMARTS) is 1. The van der Waals surface area contributed by atoms with Gasteiger partial charge in [-0.1, -0.05) is 13.8 Å². The van der Waals surface area contributed by atoms with E-state index in [4.69, 9.17) is 4.74 Å². The van der Waals surface area contributed by atoms with Gasteiger partial charge in [0.25, 0.3) is 0 Å². The third kappa shape index (κ3) is 6.10. The smallest absolute Gasteiger partial charge is 0.327 e. The monoisotopic (exact) mass is 479 g/mol. The fraction of sp³-hybridized carbons (Fsp3) is 0.500. The number of imide groups is 1. The Bertz CT molecular complexity index is 1000. The Morgan fingerprint density at radius 1 is 1.24 bits per heavy atom. The number of carboxylic acids is 1. The average Bonchev–Trinajstić information content (AvgIpc) is 3.26. The summed E-state index contributed by atoms with van der Waals surface area (Å²) >= 11 is 4.30. The first-order chi connectivity index (χ1) is 15.5. The van der Waals surface area contributed by atoms with Gasteiger partial charge in [0, 0.05) is 42.1 Å². The van der Waals surface area contributed by atoms with E-state index >= 15 is 0 Å². The number of hydrogen-bond acceptors (Lipinski definition) is 7. The number of likely N-dealkylation sites (tertiary alicyclic amines) is 1. The number of ether oxygens (including phenoxy) is 1. The summed E-state index contributed by atoms with van der Waals surface area (Å²) in [5.41, 5.74) is 3.84. The number of amides is 3. The van der Waals surface area contributed by atoms with Crippen molar-refractivity contribution in [1.82, 2.24) is 10.3 Å². The minimum Gasteiger partial charge on any atom is -0.493 e. The van der Waals surface area contributed by atoms with E-state index in [0.717, 1.165) is 4.90 Å². The van der Waals surface area contributed by atoms with Crippen molar-refractivity contribution in [3.8, 4) is 5.75 Å². The number of hydrogen-bond donors (Lipinski definition) is 3. The zero-order valence-electron chi connectivity index (χ0n) is 18.4. The first-order valence-electron chi connectivity index (χ1n) is 10.6. The molecule has 1 aromatic rings. The first-order valence-corrected chi connectivity index (χ1v) is 11.0. The molecule has 0 radical (unpaired) electrons. The zero-order valence-corrected chi connectivity index (χ0v) is 19.3. The molecule has 3 rings (SSSR count). The molecule has 1 fully saturated rings. The number of rotatable bonds is 9. The number of fused-ring (bicyclic) bond motifs is 1. The third-order valence-electron chi connectivity index (χ3n) is 5.32. The second-order valence-electron chi connectivity index (χ2n) is 8.67. The van der Waals surface area contributed by atoms with Crippen LogP contribution in [0.2, 0.25) is 0 Å². The predicted molar refractivity (Wildman–Crippen MR) is 120 cm³/mol. The number of aliphatic carboxylic acids is 1. The van der Waals surface area contributed by atoms with Crippen molar-refractivity contribution < 1.29 is 33.4 Å². The summed E-state index contributed by atoms with van der Waals surface area (Å²) in [6.45, 7) is 3.48. The van der Waals surface area contributed by atoms with Gasteiger partial charge < -0.3 is 9.84 Å². The van der Waals surface area contributed by atoms with Gasteiger partial charge in [0.15, 0.2) is 0 Å². The number of halogens is 1. The van der Waals surface area contributed by atoms with E-state index in [1.54, 1.807) is 19.9 Å². The number of nitrogens with one attached hydrogen (secondary N) is 1. The Morgan fingerprint density at radius 3 is 2.52 bits per heavy atom. The molecule has 0 spiro atoms. The first kappa shape index (κ1) is 24.7. The molecule has 2 N–H and O–H groups in total. The fourth-order valence-electron chi connectivity index (χ4n) is 3.88. The molecule has 0 bridgehead atoms. The van der Waals surface area contributed by atoms with Gasteiger partial charge in [-0.15, -0.1) is 0 Å². The Hall–Kier alpha value is -2.95. The van der Waals surface area contributed by atoms with Crippen LogP contribution in [0.4, 0.5) is 4.39 Å². The molecule has 1 aliphatic heterocycles. The van der Waals surface area contributed by atoms with Crippen molar-refractivity contribution in [2.75, 3.05) is 6.61 Å². The lowest BCUT2D eigenvalue weighted by Gasteiger charge is -2.22. The molecule has 9 nitrogen and oxygen atoms in total. The normalized spacial score (nSPS) is 17.9. The summed E-state index contributed by atoms with van der Waals surface area (Å²) in [6, 6.07) is 1.48.